The van der Waals surface area contributed by atoms with Crippen LogP contribution in [0.1, 0.15) is 57.4 Å². The van der Waals surface area contributed by atoms with Crippen LogP contribution < -0.4 is 0 Å². The van der Waals surface area contributed by atoms with Gasteiger partial charge in [0.15, 0.2) is 0 Å². The maximum absolute atomic E-state index is 12.3. The van der Waals surface area contributed by atoms with Crippen molar-refractivity contribution in [2.24, 2.45) is 5.92 Å². The van der Waals surface area contributed by atoms with Gasteiger partial charge in [0, 0.05) is 5.57 Å². The summed E-state index contributed by atoms with van der Waals surface area (Å²) in [6.45, 7) is 2.19. The lowest BCUT2D eigenvalue weighted by Crippen LogP contribution is -2.22. The van der Waals surface area contributed by atoms with Crippen molar-refractivity contribution in [3.8, 4) is 5.75 Å². The SMILES string of the molecule is CCCCCCCC[C@H]1OC(=O)[C@@H]2OC(=O)/C(=C\c3ccc(O)cc3)[C@H]12. The van der Waals surface area contributed by atoms with Crippen LogP contribution in [-0.4, -0.2) is 29.3 Å². The molecule has 2 heterocycles. The van der Waals surface area contributed by atoms with Crippen molar-refractivity contribution in [1.82, 2.24) is 0 Å². The molecule has 0 aromatic heterocycles. The summed E-state index contributed by atoms with van der Waals surface area (Å²) in [6.07, 6.45) is 8.37. The second-order valence-corrected chi connectivity index (χ2v) is 7.07. The number of esters is 2. The number of phenolic OH excluding ortho intramolecular Hbond substituents is 1. The lowest BCUT2D eigenvalue weighted by molar-refractivity contribution is -0.156. The van der Waals surface area contributed by atoms with Crippen molar-refractivity contribution >= 4 is 18.0 Å². The van der Waals surface area contributed by atoms with Gasteiger partial charge in [-0.2, -0.15) is 0 Å². The van der Waals surface area contributed by atoms with Gasteiger partial charge in [0.1, 0.15) is 11.9 Å². The van der Waals surface area contributed by atoms with E-state index in [1.165, 1.54) is 25.7 Å². The molecule has 2 aliphatic heterocycles. The molecule has 0 aliphatic carbocycles. The van der Waals surface area contributed by atoms with Gasteiger partial charge in [0.2, 0.25) is 6.10 Å². The van der Waals surface area contributed by atoms with Crippen LogP contribution in [0.5, 0.6) is 5.75 Å². The number of carbonyl (C=O) groups is 2. The Balaban J connectivity index is 1.67. The van der Waals surface area contributed by atoms with Gasteiger partial charge in [-0.1, -0.05) is 51.2 Å². The fraction of sp³-hybridized carbons (Fsp3) is 0.524. The smallest absolute Gasteiger partial charge is 0.348 e. The van der Waals surface area contributed by atoms with Crippen LogP contribution in [0.25, 0.3) is 6.08 Å². The fourth-order valence-corrected chi connectivity index (χ4v) is 3.70. The number of hydrogen-bond donors (Lipinski definition) is 1. The monoisotopic (exact) mass is 358 g/mol. The molecule has 3 rings (SSSR count). The molecule has 3 atom stereocenters. The van der Waals surface area contributed by atoms with E-state index in [1.54, 1.807) is 30.3 Å². The number of ether oxygens (including phenoxy) is 2. The first-order valence-electron chi connectivity index (χ1n) is 9.52. The third kappa shape index (κ3) is 4.09. The van der Waals surface area contributed by atoms with E-state index in [-0.39, 0.29) is 17.8 Å². The van der Waals surface area contributed by atoms with Gasteiger partial charge in [-0.25, -0.2) is 9.59 Å². The molecule has 0 amide bonds. The van der Waals surface area contributed by atoms with Crippen LogP contribution in [-0.2, 0) is 19.1 Å². The molecule has 0 spiro atoms. The van der Waals surface area contributed by atoms with Gasteiger partial charge in [0.05, 0.1) is 5.92 Å². The number of phenols is 1. The molecule has 5 nitrogen and oxygen atoms in total. The Bertz CT molecular complexity index is 676. The second-order valence-electron chi connectivity index (χ2n) is 7.07. The van der Waals surface area contributed by atoms with Crippen LogP contribution in [0.2, 0.25) is 0 Å². The Morgan fingerprint density at radius 3 is 2.42 bits per heavy atom. The van der Waals surface area contributed by atoms with Crippen LogP contribution in [0, 0.1) is 5.92 Å². The maximum atomic E-state index is 12.3. The summed E-state index contributed by atoms with van der Waals surface area (Å²) in [6, 6.07) is 6.58. The zero-order chi connectivity index (χ0) is 18.5. The van der Waals surface area contributed by atoms with Crippen molar-refractivity contribution in [1.29, 1.82) is 0 Å². The molecule has 0 bridgehead atoms. The van der Waals surface area contributed by atoms with Crippen molar-refractivity contribution in [3.63, 3.8) is 0 Å². The molecular weight excluding hydrogens is 332 g/mol. The molecule has 0 unspecified atom stereocenters. The van der Waals surface area contributed by atoms with Crippen molar-refractivity contribution < 1.29 is 24.2 Å². The van der Waals surface area contributed by atoms with E-state index in [2.05, 4.69) is 6.92 Å². The summed E-state index contributed by atoms with van der Waals surface area (Å²) in [5, 5.41) is 9.39. The van der Waals surface area contributed by atoms with Gasteiger partial charge < -0.3 is 14.6 Å². The summed E-state index contributed by atoms with van der Waals surface area (Å²) >= 11 is 0. The van der Waals surface area contributed by atoms with E-state index in [4.69, 9.17) is 9.47 Å². The number of aromatic hydroxyl groups is 1. The predicted octanol–water partition coefficient (Wildman–Crippen LogP) is 3.99. The maximum Gasteiger partial charge on any atom is 0.348 e. The highest BCUT2D eigenvalue weighted by atomic mass is 16.6. The normalized spacial score (nSPS) is 26.0. The van der Waals surface area contributed by atoms with E-state index in [1.807, 2.05) is 0 Å². The standard InChI is InChI=1S/C21H26O5/c1-2-3-4-5-6-7-8-17-18-16(13-14-9-11-15(22)12-10-14)20(23)26-19(18)21(24)25-17/h9-13,17-19,22H,2-8H2,1H3/b16-13-/t17-,18-,19-/m1/s1. The molecule has 5 heteroatoms. The number of unbranched alkanes of at least 4 members (excludes halogenated alkanes) is 5. The molecule has 2 fully saturated rings. The third-order valence-corrected chi connectivity index (χ3v) is 5.11. The fourth-order valence-electron chi connectivity index (χ4n) is 3.70. The minimum atomic E-state index is -0.809. The van der Waals surface area contributed by atoms with Gasteiger partial charge in [-0.3, -0.25) is 0 Å². The number of fused-ring (bicyclic) bond motifs is 1. The molecule has 2 aliphatic rings. The van der Waals surface area contributed by atoms with Crippen LogP contribution >= 0.6 is 0 Å². The Morgan fingerprint density at radius 1 is 1.00 bits per heavy atom. The van der Waals surface area contributed by atoms with Crippen molar-refractivity contribution in [2.75, 3.05) is 0 Å². The minimum Gasteiger partial charge on any atom is -0.508 e. The first kappa shape index (κ1) is 18.5. The molecule has 26 heavy (non-hydrogen) atoms. The minimum absolute atomic E-state index is 0.166. The number of hydrogen-bond acceptors (Lipinski definition) is 5. The van der Waals surface area contributed by atoms with E-state index >= 15 is 0 Å². The Hall–Kier alpha value is -2.30. The highest BCUT2D eigenvalue weighted by Gasteiger charge is 2.55. The number of cyclic esters (lactones) is 1. The molecule has 0 saturated carbocycles. The van der Waals surface area contributed by atoms with E-state index in [9.17, 15) is 14.7 Å². The first-order chi connectivity index (χ1) is 12.6. The van der Waals surface area contributed by atoms with Gasteiger partial charge in [-0.15, -0.1) is 0 Å². The molecule has 2 saturated heterocycles. The molecule has 1 N–H and O–H groups in total. The summed E-state index contributed by atoms with van der Waals surface area (Å²) in [5.74, 6) is -1.05. The average Bonchev–Trinajstić information content (AvgIpc) is 3.10. The van der Waals surface area contributed by atoms with Crippen LogP contribution in [0.4, 0.5) is 0 Å². The lowest BCUT2D eigenvalue weighted by Gasteiger charge is -2.15. The van der Waals surface area contributed by atoms with Crippen molar-refractivity contribution in [2.45, 2.75) is 64.1 Å². The second kappa shape index (κ2) is 8.39. The molecule has 1 aromatic rings. The van der Waals surface area contributed by atoms with Crippen molar-refractivity contribution in [3.05, 3.63) is 35.4 Å². The predicted molar refractivity (Wildman–Crippen MR) is 97.3 cm³/mol. The van der Waals surface area contributed by atoms with E-state index in [0.717, 1.165) is 24.8 Å². The quantitative estimate of drug-likeness (QED) is 0.432. The summed E-state index contributed by atoms with van der Waals surface area (Å²) in [5.41, 5.74) is 1.27. The van der Waals surface area contributed by atoms with Gasteiger partial charge in [-0.05, 0) is 36.6 Å². The van der Waals surface area contributed by atoms with Gasteiger partial charge >= 0.3 is 11.9 Å². The average molecular weight is 358 g/mol. The summed E-state index contributed by atoms with van der Waals surface area (Å²) in [7, 11) is 0. The molecule has 1 aromatic carbocycles. The molecular formula is C21H26O5. The van der Waals surface area contributed by atoms with Crippen LogP contribution in [0.15, 0.2) is 29.8 Å². The van der Waals surface area contributed by atoms with Gasteiger partial charge in [0.25, 0.3) is 0 Å². The molecule has 0 radical (unpaired) electrons. The lowest BCUT2D eigenvalue weighted by atomic mass is 9.88. The van der Waals surface area contributed by atoms with E-state index < -0.39 is 18.0 Å². The van der Waals surface area contributed by atoms with Crippen LogP contribution in [0.3, 0.4) is 0 Å². The number of carbonyl (C=O) groups excluding carboxylic acids is 2. The number of benzene rings is 1. The topological polar surface area (TPSA) is 72.8 Å². The largest absolute Gasteiger partial charge is 0.508 e. The Kier molecular flexibility index (Phi) is 5.96. The Labute approximate surface area is 154 Å². The number of rotatable bonds is 8. The Morgan fingerprint density at radius 2 is 1.69 bits per heavy atom. The zero-order valence-corrected chi connectivity index (χ0v) is 15.1. The highest BCUT2D eigenvalue weighted by Crippen LogP contribution is 2.41. The summed E-state index contributed by atoms with van der Waals surface area (Å²) < 4.78 is 10.8. The third-order valence-electron chi connectivity index (χ3n) is 5.11. The summed E-state index contributed by atoms with van der Waals surface area (Å²) in [4.78, 5) is 24.3. The molecule has 140 valence electrons. The first-order valence-corrected chi connectivity index (χ1v) is 9.52. The zero-order valence-electron chi connectivity index (χ0n) is 15.1. The van der Waals surface area contributed by atoms with E-state index in [0.29, 0.717) is 5.57 Å². The highest BCUT2D eigenvalue weighted by molar-refractivity contribution is 6.01.